The second-order valence-electron chi connectivity index (χ2n) is 8.82. The summed E-state index contributed by atoms with van der Waals surface area (Å²) in [5.74, 6) is -1.60. The zero-order chi connectivity index (χ0) is 25.4. The number of fused-ring (bicyclic) bond motifs is 1. The third-order valence-corrected chi connectivity index (χ3v) is 6.40. The lowest BCUT2D eigenvalue weighted by Gasteiger charge is -2.34. The van der Waals surface area contributed by atoms with Crippen molar-refractivity contribution in [3.8, 4) is 5.69 Å². The largest absolute Gasteiger partial charge is 0.434 e. The molecule has 1 aromatic heterocycles. The van der Waals surface area contributed by atoms with Crippen molar-refractivity contribution in [1.82, 2.24) is 25.3 Å². The van der Waals surface area contributed by atoms with Gasteiger partial charge in [-0.1, -0.05) is 48.5 Å². The van der Waals surface area contributed by atoms with Crippen LogP contribution in [0.1, 0.15) is 28.0 Å². The monoisotopic (exact) mass is 497 g/mol. The average molecular weight is 497 g/mol. The van der Waals surface area contributed by atoms with Crippen molar-refractivity contribution >= 4 is 17.7 Å². The first-order valence-corrected chi connectivity index (χ1v) is 11.4. The molecule has 11 heteroatoms. The number of alkyl halides is 3. The topological polar surface area (TPSA) is 96.3 Å². The van der Waals surface area contributed by atoms with Crippen LogP contribution in [-0.4, -0.2) is 57.1 Å². The van der Waals surface area contributed by atoms with E-state index in [0.29, 0.717) is 11.1 Å². The lowest BCUT2D eigenvalue weighted by Crippen LogP contribution is -2.61. The number of benzene rings is 2. The fraction of sp³-hybridized carbons (Fsp3) is 0.280. The van der Waals surface area contributed by atoms with Crippen LogP contribution < -0.4 is 10.6 Å². The average Bonchev–Trinajstić information content (AvgIpc) is 3.49. The number of hydrogen-bond donors (Lipinski definition) is 2. The Morgan fingerprint density at radius 1 is 1.06 bits per heavy atom. The van der Waals surface area contributed by atoms with E-state index in [1.807, 2.05) is 30.3 Å². The summed E-state index contributed by atoms with van der Waals surface area (Å²) < 4.78 is 42.4. The molecule has 186 valence electrons. The number of hydrogen-bond acceptors (Lipinski definition) is 4. The smallest absolute Gasteiger partial charge is 0.347 e. The number of piperazine rings is 1. The quantitative estimate of drug-likeness (QED) is 0.566. The first kappa shape index (κ1) is 23.6. The minimum absolute atomic E-state index is 0.0299. The highest BCUT2D eigenvalue weighted by atomic mass is 19.4. The summed E-state index contributed by atoms with van der Waals surface area (Å²) in [7, 11) is 0. The molecule has 2 fully saturated rings. The summed E-state index contributed by atoms with van der Waals surface area (Å²) in [6.45, 7) is 0.0299. The van der Waals surface area contributed by atoms with Gasteiger partial charge in [0.1, 0.15) is 12.1 Å². The molecule has 2 aliphatic rings. The highest BCUT2D eigenvalue weighted by molar-refractivity contribution is 5.99. The van der Waals surface area contributed by atoms with Gasteiger partial charge in [0.2, 0.25) is 11.8 Å². The molecule has 2 aromatic carbocycles. The first-order chi connectivity index (χ1) is 17.2. The zero-order valence-electron chi connectivity index (χ0n) is 18.9. The maximum atomic E-state index is 13.9. The van der Waals surface area contributed by atoms with Gasteiger partial charge in [0.05, 0.1) is 17.4 Å². The molecule has 8 nitrogen and oxygen atoms in total. The third kappa shape index (κ3) is 4.43. The number of carbonyl (C=O) groups excluding carboxylic acids is 3. The highest BCUT2D eigenvalue weighted by Gasteiger charge is 2.47. The van der Waals surface area contributed by atoms with Crippen molar-refractivity contribution in [2.75, 3.05) is 6.54 Å². The molecule has 0 spiro atoms. The number of nitrogens with zero attached hydrogens (tertiary/aromatic N) is 3. The molecule has 0 unspecified atom stereocenters. The summed E-state index contributed by atoms with van der Waals surface area (Å²) in [5, 5.41) is 9.11. The van der Waals surface area contributed by atoms with Gasteiger partial charge in [0, 0.05) is 19.0 Å². The van der Waals surface area contributed by atoms with Gasteiger partial charge in [-0.15, -0.1) is 0 Å². The van der Waals surface area contributed by atoms with E-state index in [-0.39, 0.29) is 30.5 Å². The van der Waals surface area contributed by atoms with Crippen LogP contribution in [0, 0.1) is 0 Å². The summed E-state index contributed by atoms with van der Waals surface area (Å²) in [5.41, 5.74) is -0.782. The minimum Gasteiger partial charge on any atom is -0.347 e. The van der Waals surface area contributed by atoms with E-state index >= 15 is 0 Å². The van der Waals surface area contributed by atoms with Crippen LogP contribution in [0.5, 0.6) is 0 Å². The Balaban J connectivity index is 1.32. The van der Waals surface area contributed by atoms with Crippen LogP contribution in [0.3, 0.4) is 0 Å². The van der Waals surface area contributed by atoms with Gasteiger partial charge in [0.15, 0.2) is 5.69 Å². The van der Waals surface area contributed by atoms with Crippen molar-refractivity contribution in [2.24, 2.45) is 0 Å². The van der Waals surface area contributed by atoms with Crippen LogP contribution in [0.4, 0.5) is 13.2 Å². The van der Waals surface area contributed by atoms with E-state index in [1.54, 1.807) is 18.2 Å². The van der Waals surface area contributed by atoms with Crippen molar-refractivity contribution in [1.29, 1.82) is 0 Å². The number of para-hydroxylation sites is 1. The molecule has 0 saturated carbocycles. The number of rotatable bonds is 5. The number of carbonyl (C=O) groups is 3. The van der Waals surface area contributed by atoms with Gasteiger partial charge in [-0.2, -0.15) is 18.3 Å². The zero-order valence-corrected chi connectivity index (χ0v) is 18.9. The molecule has 2 N–H and O–H groups in total. The van der Waals surface area contributed by atoms with Crippen LogP contribution in [0.25, 0.3) is 5.69 Å². The van der Waals surface area contributed by atoms with E-state index in [0.717, 1.165) is 11.8 Å². The summed E-state index contributed by atoms with van der Waals surface area (Å²) in [4.78, 5) is 40.0. The van der Waals surface area contributed by atoms with Gasteiger partial charge < -0.3 is 15.5 Å². The predicted molar refractivity (Wildman–Crippen MR) is 122 cm³/mol. The van der Waals surface area contributed by atoms with Gasteiger partial charge in [-0.05, 0) is 24.1 Å². The predicted octanol–water partition coefficient (Wildman–Crippen LogP) is 2.33. The lowest BCUT2D eigenvalue weighted by atomic mass is 10.0. The maximum Gasteiger partial charge on any atom is 0.434 e. The number of amides is 3. The van der Waals surface area contributed by atoms with E-state index < -0.39 is 41.5 Å². The molecule has 0 radical (unpaired) electrons. The normalized spacial score (nSPS) is 21.8. The Morgan fingerprint density at radius 3 is 2.39 bits per heavy atom. The first-order valence-electron chi connectivity index (χ1n) is 11.4. The van der Waals surface area contributed by atoms with Gasteiger partial charge >= 0.3 is 6.18 Å². The summed E-state index contributed by atoms with van der Waals surface area (Å²) >= 11 is 0. The van der Waals surface area contributed by atoms with E-state index in [4.69, 9.17) is 0 Å². The van der Waals surface area contributed by atoms with E-state index in [1.165, 1.54) is 17.0 Å². The molecule has 3 atom stereocenters. The fourth-order valence-electron chi connectivity index (χ4n) is 4.77. The molecule has 36 heavy (non-hydrogen) atoms. The van der Waals surface area contributed by atoms with Crippen molar-refractivity contribution in [2.45, 2.75) is 37.1 Å². The van der Waals surface area contributed by atoms with Crippen molar-refractivity contribution in [3.05, 3.63) is 83.7 Å². The van der Waals surface area contributed by atoms with Crippen molar-refractivity contribution < 1.29 is 27.6 Å². The van der Waals surface area contributed by atoms with E-state index in [2.05, 4.69) is 15.7 Å². The van der Waals surface area contributed by atoms with Crippen molar-refractivity contribution in [3.63, 3.8) is 0 Å². The number of nitrogens with one attached hydrogen (secondary N) is 2. The molecule has 5 rings (SSSR count). The third-order valence-electron chi connectivity index (χ3n) is 6.40. The van der Waals surface area contributed by atoms with E-state index in [9.17, 15) is 27.6 Å². The minimum atomic E-state index is -4.84. The summed E-state index contributed by atoms with van der Waals surface area (Å²) in [6.07, 6.45) is -3.54. The molecular weight excluding hydrogens is 475 g/mol. The maximum absolute atomic E-state index is 13.9. The summed E-state index contributed by atoms with van der Waals surface area (Å²) in [6, 6.07) is 14.7. The fourth-order valence-corrected chi connectivity index (χ4v) is 4.77. The Kier molecular flexibility index (Phi) is 5.99. The molecule has 3 aromatic rings. The van der Waals surface area contributed by atoms with Crippen LogP contribution in [0.15, 0.2) is 66.9 Å². The second-order valence-corrected chi connectivity index (χ2v) is 8.82. The molecule has 2 saturated heterocycles. The van der Waals surface area contributed by atoms with Gasteiger partial charge in [-0.25, -0.2) is 4.68 Å². The van der Waals surface area contributed by atoms with Gasteiger partial charge in [0.25, 0.3) is 5.91 Å². The molecular formula is C25H22F3N5O3. The lowest BCUT2D eigenvalue weighted by molar-refractivity contribution is -0.147. The second kappa shape index (κ2) is 9.14. The number of halogens is 3. The Labute approximate surface area is 204 Å². The Bertz CT molecular complexity index is 1290. The highest BCUT2D eigenvalue weighted by Crippen LogP contribution is 2.34. The standard InChI is InChI=1S/C25H22F3N5O3/c26-25(27,28)21-18(13-29-33(21)17-9-5-2-6-10-17)22(34)30-16-12-20-23(35)31-19(24(36)32(20)14-16)11-15-7-3-1-4-8-15/h1-10,13,16,19-20H,11-12,14H2,(H,30,34)(H,31,35)/t16-,19+,20-/m0/s1. The molecule has 3 heterocycles. The van der Waals surface area contributed by atoms with Gasteiger partial charge in [-0.3, -0.25) is 14.4 Å². The molecule has 0 aliphatic carbocycles. The Hall–Kier alpha value is -4.15. The molecule has 3 amide bonds. The van der Waals surface area contributed by atoms with Crippen LogP contribution in [0.2, 0.25) is 0 Å². The van der Waals surface area contributed by atoms with Crippen LogP contribution >= 0.6 is 0 Å². The molecule has 0 bridgehead atoms. The van der Waals surface area contributed by atoms with Crippen LogP contribution in [-0.2, 0) is 22.2 Å². The number of aromatic nitrogens is 2. The molecule has 2 aliphatic heterocycles. The SMILES string of the molecule is O=C(N[C@H]1C[C@H]2C(=O)N[C@H](Cc3ccccc3)C(=O)N2C1)c1cnn(-c2ccccc2)c1C(F)(F)F. The Morgan fingerprint density at radius 2 is 1.72 bits per heavy atom.